The van der Waals surface area contributed by atoms with Gasteiger partial charge in [0, 0.05) is 25.0 Å². The number of carbonyl (C=O) groups excluding carboxylic acids is 2. The van der Waals surface area contributed by atoms with Crippen molar-refractivity contribution >= 4 is 11.8 Å². The average Bonchev–Trinajstić information content (AvgIpc) is 3.09. The van der Waals surface area contributed by atoms with Crippen LogP contribution in [0.2, 0.25) is 0 Å². The van der Waals surface area contributed by atoms with Crippen LogP contribution >= 0.6 is 0 Å². The van der Waals surface area contributed by atoms with Gasteiger partial charge in [0.1, 0.15) is 0 Å². The molecule has 2 unspecified atom stereocenters. The van der Waals surface area contributed by atoms with E-state index in [1.807, 2.05) is 0 Å². The minimum Gasteiger partial charge on any atom is -0.353 e. The molecular weight excluding hydrogens is 324 g/mol. The van der Waals surface area contributed by atoms with Crippen molar-refractivity contribution in [2.24, 2.45) is 11.8 Å². The van der Waals surface area contributed by atoms with Crippen molar-refractivity contribution in [2.45, 2.75) is 51.5 Å². The van der Waals surface area contributed by atoms with Crippen LogP contribution in [0.3, 0.4) is 0 Å². The summed E-state index contributed by atoms with van der Waals surface area (Å²) in [5, 5.41) is 2.84. The number of hydrogen-bond donors (Lipinski definition) is 1. The molecule has 2 aliphatic rings. The van der Waals surface area contributed by atoms with Gasteiger partial charge < -0.3 is 10.2 Å². The maximum Gasteiger partial charge on any atom is 0.243 e. The van der Waals surface area contributed by atoms with Gasteiger partial charge in [-0.2, -0.15) is 0 Å². The molecule has 0 spiro atoms. The van der Waals surface area contributed by atoms with Crippen molar-refractivity contribution in [3.8, 4) is 0 Å². The van der Waals surface area contributed by atoms with Gasteiger partial charge in [0.05, 0.1) is 0 Å². The molecule has 1 fully saturated rings. The first kappa shape index (κ1) is 18.7. The van der Waals surface area contributed by atoms with Gasteiger partial charge in [-0.25, -0.2) is 0 Å². The monoisotopic (exact) mass is 354 g/mol. The standard InChI is InChI=1S/C22H30N2O2/c1-3-21(25)23-12-6-11-20-16(2)8-7-13-24(20)22(26)19-14-17-9-4-5-10-18(17)15-19/h3-5,9-10,16,19-20H,1,6-8,11-15H2,2H3,(H,23,25). The third kappa shape index (κ3) is 4.17. The molecule has 1 heterocycles. The molecule has 1 saturated heterocycles. The number of fused-ring (bicyclic) bond motifs is 1. The average molecular weight is 354 g/mol. The van der Waals surface area contributed by atoms with Gasteiger partial charge in [0.2, 0.25) is 11.8 Å². The summed E-state index contributed by atoms with van der Waals surface area (Å²) in [5.41, 5.74) is 2.67. The molecule has 26 heavy (non-hydrogen) atoms. The summed E-state index contributed by atoms with van der Waals surface area (Å²) in [5.74, 6) is 0.818. The molecule has 140 valence electrons. The number of carbonyl (C=O) groups is 2. The molecule has 0 bridgehead atoms. The Morgan fingerprint density at radius 2 is 1.96 bits per heavy atom. The smallest absolute Gasteiger partial charge is 0.243 e. The van der Waals surface area contributed by atoms with Crippen LogP contribution in [0.4, 0.5) is 0 Å². The summed E-state index contributed by atoms with van der Waals surface area (Å²) < 4.78 is 0. The lowest BCUT2D eigenvalue weighted by atomic mass is 9.86. The maximum atomic E-state index is 13.3. The van der Waals surface area contributed by atoms with Crippen LogP contribution in [0.25, 0.3) is 0 Å². The van der Waals surface area contributed by atoms with E-state index in [9.17, 15) is 9.59 Å². The summed E-state index contributed by atoms with van der Waals surface area (Å²) in [7, 11) is 0. The van der Waals surface area contributed by atoms with Crippen molar-refractivity contribution in [1.29, 1.82) is 0 Å². The number of hydrogen-bond acceptors (Lipinski definition) is 2. The quantitative estimate of drug-likeness (QED) is 0.630. The Bertz CT molecular complexity index is 645. The lowest BCUT2D eigenvalue weighted by Gasteiger charge is -2.41. The SMILES string of the molecule is C=CC(=O)NCCCC1C(C)CCCN1C(=O)C1Cc2ccccc2C1. The minimum absolute atomic E-state index is 0.0978. The number of piperidine rings is 1. The van der Waals surface area contributed by atoms with Crippen molar-refractivity contribution < 1.29 is 9.59 Å². The minimum atomic E-state index is -0.127. The Morgan fingerprint density at radius 3 is 2.62 bits per heavy atom. The third-order valence-corrected chi connectivity index (χ3v) is 5.96. The molecule has 0 aromatic heterocycles. The molecule has 0 saturated carbocycles. The second kappa shape index (κ2) is 8.52. The number of likely N-dealkylation sites (tertiary alicyclic amines) is 1. The van der Waals surface area contributed by atoms with Gasteiger partial charge in [-0.1, -0.05) is 37.8 Å². The van der Waals surface area contributed by atoms with Crippen molar-refractivity contribution in [2.75, 3.05) is 13.1 Å². The highest BCUT2D eigenvalue weighted by Gasteiger charge is 2.36. The number of nitrogens with zero attached hydrogens (tertiary/aromatic N) is 1. The third-order valence-electron chi connectivity index (χ3n) is 5.96. The van der Waals surface area contributed by atoms with E-state index in [1.54, 1.807) is 0 Å². The fourth-order valence-corrected chi connectivity index (χ4v) is 4.53. The van der Waals surface area contributed by atoms with Gasteiger partial charge in [0.25, 0.3) is 0 Å². The molecule has 0 radical (unpaired) electrons. The zero-order valence-electron chi connectivity index (χ0n) is 15.7. The predicted octanol–water partition coefficient (Wildman–Crippen LogP) is 3.11. The Balaban J connectivity index is 1.60. The fourth-order valence-electron chi connectivity index (χ4n) is 4.53. The van der Waals surface area contributed by atoms with E-state index in [4.69, 9.17) is 0 Å². The first-order valence-electron chi connectivity index (χ1n) is 9.87. The van der Waals surface area contributed by atoms with Gasteiger partial charge >= 0.3 is 0 Å². The normalized spacial score (nSPS) is 22.7. The largest absolute Gasteiger partial charge is 0.353 e. The number of benzene rings is 1. The maximum absolute atomic E-state index is 13.3. The summed E-state index contributed by atoms with van der Waals surface area (Å²) in [6, 6.07) is 8.73. The second-order valence-corrected chi connectivity index (χ2v) is 7.73. The van der Waals surface area contributed by atoms with Gasteiger partial charge in [-0.05, 0) is 61.6 Å². The van der Waals surface area contributed by atoms with E-state index in [1.165, 1.54) is 23.6 Å². The Hall–Kier alpha value is -2.10. The molecule has 2 amide bonds. The zero-order chi connectivity index (χ0) is 18.5. The summed E-state index contributed by atoms with van der Waals surface area (Å²) in [6.45, 7) is 7.25. The first-order valence-corrected chi connectivity index (χ1v) is 9.87. The topological polar surface area (TPSA) is 49.4 Å². The zero-order valence-corrected chi connectivity index (χ0v) is 15.7. The number of nitrogens with one attached hydrogen (secondary N) is 1. The molecule has 4 heteroatoms. The van der Waals surface area contributed by atoms with Gasteiger partial charge in [-0.3, -0.25) is 9.59 Å². The molecular formula is C22H30N2O2. The van der Waals surface area contributed by atoms with Gasteiger partial charge in [-0.15, -0.1) is 0 Å². The number of rotatable bonds is 6. The molecule has 4 nitrogen and oxygen atoms in total. The lowest BCUT2D eigenvalue weighted by Crippen LogP contribution is -2.50. The van der Waals surface area contributed by atoms with E-state index in [2.05, 4.69) is 48.0 Å². The van der Waals surface area contributed by atoms with Crippen LogP contribution in [0.5, 0.6) is 0 Å². The highest BCUT2D eigenvalue weighted by Crippen LogP contribution is 2.32. The van der Waals surface area contributed by atoms with Crippen LogP contribution in [-0.4, -0.2) is 35.8 Å². The first-order chi connectivity index (χ1) is 12.6. The molecule has 2 atom stereocenters. The van der Waals surface area contributed by atoms with Crippen LogP contribution < -0.4 is 5.32 Å². The lowest BCUT2D eigenvalue weighted by molar-refractivity contribution is -0.140. The fraction of sp³-hybridized carbons (Fsp3) is 0.545. The molecule has 1 aromatic rings. The highest BCUT2D eigenvalue weighted by molar-refractivity contribution is 5.86. The van der Waals surface area contributed by atoms with E-state index >= 15 is 0 Å². The van der Waals surface area contributed by atoms with E-state index in [0.717, 1.165) is 38.6 Å². The van der Waals surface area contributed by atoms with Crippen molar-refractivity contribution in [3.05, 3.63) is 48.0 Å². The van der Waals surface area contributed by atoms with Crippen LogP contribution in [0.1, 0.15) is 43.7 Å². The Kier molecular flexibility index (Phi) is 6.12. The molecule has 1 aromatic carbocycles. The summed E-state index contributed by atoms with van der Waals surface area (Å²) in [6.07, 6.45) is 7.17. The Labute approximate surface area is 156 Å². The second-order valence-electron chi connectivity index (χ2n) is 7.73. The van der Waals surface area contributed by atoms with Crippen molar-refractivity contribution in [3.63, 3.8) is 0 Å². The van der Waals surface area contributed by atoms with Crippen LogP contribution in [-0.2, 0) is 22.4 Å². The van der Waals surface area contributed by atoms with Crippen LogP contribution in [0.15, 0.2) is 36.9 Å². The van der Waals surface area contributed by atoms with Crippen molar-refractivity contribution in [1.82, 2.24) is 10.2 Å². The van der Waals surface area contributed by atoms with Gasteiger partial charge in [0.15, 0.2) is 0 Å². The number of amides is 2. The predicted molar refractivity (Wildman–Crippen MR) is 104 cm³/mol. The Morgan fingerprint density at radius 1 is 1.27 bits per heavy atom. The summed E-state index contributed by atoms with van der Waals surface area (Å²) in [4.78, 5) is 26.7. The molecule has 3 rings (SSSR count). The molecule has 1 aliphatic carbocycles. The molecule has 1 N–H and O–H groups in total. The highest BCUT2D eigenvalue weighted by atomic mass is 16.2. The van der Waals surface area contributed by atoms with E-state index in [0.29, 0.717) is 24.4 Å². The molecule has 1 aliphatic heterocycles. The van der Waals surface area contributed by atoms with E-state index < -0.39 is 0 Å². The summed E-state index contributed by atoms with van der Waals surface area (Å²) >= 11 is 0. The van der Waals surface area contributed by atoms with Crippen LogP contribution in [0, 0.1) is 11.8 Å². The van der Waals surface area contributed by atoms with E-state index in [-0.39, 0.29) is 11.8 Å².